The van der Waals surface area contributed by atoms with Crippen LogP contribution >= 0.6 is 11.8 Å². The standard InChI is InChI=1S/C12H23NO2S/c1-2-4-10(6-7-14)9-13-12(15)11-5-3-8-16-11/h10-11,14H,2-9H2,1H3,(H,13,15). The van der Waals surface area contributed by atoms with E-state index in [9.17, 15) is 4.79 Å². The van der Waals surface area contributed by atoms with E-state index in [1.165, 1.54) is 0 Å². The highest BCUT2D eigenvalue weighted by Gasteiger charge is 2.23. The fourth-order valence-electron chi connectivity index (χ4n) is 2.08. The number of nitrogens with one attached hydrogen (secondary N) is 1. The molecular weight excluding hydrogens is 222 g/mol. The molecule has 2 atom stereocenters. The van der Waals surface area contributed by atoms with Crippen LogP contribution in [0, 0.1) is 5.92 Å². The number of hydrogen-bond acceptors (Lipinski definition) is 3. The van der Waals surface area contributed by atoms with E-state index in [1.54, 1.807) is 11.8 Å². The number of carbonyl (C=O) groups excluding carboxylic acids is 1. The van der Waals surface area contributed by atoms with Crippen LogP contribution in [0.4, 0.5) is 0 Å². The van der Waals surface area contributed by atoms with Crippen LogP contribution in [-0.4, -0.2) is 35.2 Å². The molecule has 0 aliphatic carbocycles. The molecule has 0 radical (unpaired) electrons. The largest absolute Gasteiger partial charge is 0.396 e. The van der Waals surface area contributed by atoms with Gasteiger partial charge in [-0.1, -0.05) is 13.3 Å². The Morgan fingerprint density at radius 3 is 2.94 bits per heavy atom. The van der Waals surface area contributed by atoms with Gasteiger partial charge in [-0.15, -0.1) is 11.8 Å². The molecule has 2 N–H and O–H groups in total. The number of aliphatic hydroxyl groups is 1. The van der Waals surface area contributed by atoms with Crippen LogP contribution in [0.3, 0.4) is 0 Å². The summed E-state index contributed by atoms with van der Waals surface area (Å²) in [6.07, 6.45) is 5.18. The van der Waals surface area contributed by atoms with Gasteiger partial charge < -0.3 is 10.4 Å². The van der Waals surface area contributed by atoms with Crippen molar-refractivity contribution in [2.75, 3.05) is 18.9 Å². The van der Waals surface area contributed by atoms with E-state index in [4.69, 9.17) is 5.11 Å². The Morgan fingerprint density at radius 2 is 2.38 bits per heavy atom. The molecule has 0 saturated carbocycles. The first-order valence-corrected chi connectivity index (χ1v) is 7.33. The summed E-state index contributed by atoms with van der Waals surface area (Å²) in [6, 6.07) is 0. The summed E-state index contributed by atoms with van der Waals surface area (Å²) in [6.45, 7) is 3.09. The lowest BCUT2D eigenvalue weighted by Gasteiger charge is -2.17. The highest BCUT2D eigenvalue weighted by Crippen LogP contribution is 2.26. The third-order valence-electron chi connectivity index (χ3n) is 3.02. The van der Waals surface area contributed by atoms with Gasteiger partial charge in [-0.3, -0.25) is 4.79 Å². The number of aliphatic hydroxyl groups excluding tert-OH is 1. The van der Waals surface area contributed by atoms with Gasteiger partial charge in [-0.05, 0) is 37.4 Å². The normalized spacial score (nSPS) is 22.0. The molecule has 4 heteroatoms. The molecule has 1 amide bonds. The second-order valence-corrected chi connectivity index (χ2v) is 5.72. The molecule has 0 bridgehead atoms. The Morgan fingerprint density at radius 1 is 1.56 bits per heavy atom. The van der Waals surface area contributed by atoms with Gasteiger partial charge >= 0.3 is 0 Å². The topological polar surface area (TPSA) is 49.3 Å². The van der Waals surface area contributed by atoms with E-state index in [0.29, 0.717) is 5.92 Å². The van der Waals surface area contributed by atoms with Gasteiger partial charge in [0.25, 0.3) is 0 Å². The molecule has 1 heterocycles. The van der Waals surface area contributed by atoms with E-state index >= 15 is 0 Å². The molecule has 94 valence electrons. The third-order valence-corrected chi connectivity index (χ3v) is 4.40. The molecule has 16 heavy (non-hydrogen) atoms. The van der Waals surface area contributed by atoms with Crippen molar-refractivity contribution < 1.29 is 9.90 Å². The van der Waals surface area contributed by atoms with E-state index in [2.05, 4.69) is 12.2 Å². The van der Waals surface area contributed by atoms with Crippen LogP contribution in [0.2, 0.25) is 0 Å². The van der Waals surface area contributed by atoms with Crippen LogP contribution < -0.4 is 5.32 Å². The zero-order valence-corrected chi connectivity index (χ0v) is 10.9. The van der Waals surface area contributed by atoms with Crippen LogP contribution in [-0.2, 0) is 4.79 Å². The maximum atomic E-state index is 11.8. The van der Waals surface area contributed by atoms with Crippen molar-refractivity contribution in [3.05, 3.63) is 0 Å². The number of rotatable bonds is 7. The quantitative estimate of drug-likeness (QED) is 0.719. The fraction of sp³-hybridized carbons (Fsp3) is 0.917. The maximum Gasteiger partial charge on any atom is 0.233 e. The average Bonchev–Trinajstić information content (AvgIpc) is 2.79. The van der Waals surface area contributed by atoms with Crippen LogP contribution in [0.5, 0.6) is 0 Å². The predicted molar refractivity (Wildman–Crippen MR) is 68.6 cm³/mol. The second kappa shape index (κ2) is 7.96. The molecule has 0 spiro atoms. The Balaban J connectivity index is 2.21. The Kier molecular flexibility index (Phi) is 6.88. The van der Waals surface area contributed by atoms with Crippen LogP contribution in [0.15, 0.2) is 0 Å². The summed E-state index contributed by atoms with van der Waals surface area (Å²) in [5.41, 5.74) is 0. The van der Waals surface area contributed by atoms with Gasteiger partial charge in [0, 0.05) is 13.2 Å². The van der Waals surface area contributed by atoms with Gasteiger partial charge in [0.15, 0.2) is 0 Å². The molecule has 3 nitrogen and oxygen atoms in total. The average molecular weight is 245 g/mol. The van der Waals surface area contributed by atoms with Crippen molar-refractivity contribution >= 4 is 17.7 Å². The number of carbonyl (C=O) groups is 1. The first-order valence-electron chi connectivity index (χ1n) is 6.28. The van der Waals surface area contributed by atoms with Crippen molar-refractivity contribution in [2.24, 2.45) is 5.92 Å². The van der Waals surface area contributed by atoms with E-state index in [0.717, 1.165) is 44.4 Å². The Bertz CT molecular complexity index is 199. The lowest BCUT2D eigenvalue weighted by molar-refractivity contribution is -0.120. The molecule has 1 rings (SSSR count). The summed E-state index contributed by atoms with van der Waals surface area (Å²) in [4.78, 5) is 11.8. The summed E-state index contributed by atoms with van der Waals surface area (Å²) < 4.78 is 0. The van der Waals surface area contributed by atoms with Crippen molar-refractivity contribution in [3.63, 3.8) is 0 Å². The van der Waals surface area contributed by atoms with Gasteiger partial charge in [-0.2, -0.15) is 0 Å². The van der Waals surface area contributed by atoms with Gasteiger partial charge in [-0.25, -0.2) is 0 Å². The Labute approximate surface area is 102 Å². The molecule has 0 aromatic carbocycles. The molecular formula is C12H23NO2S. The highest BCUT2D eigenvalue weighted by atomic mass is 32.2. The predicted octanol–water partition coefficient (Wildman–Crippen LogP) is 1.80. The zero-order valence-electron chi connectivity index (χ0n) is 10.1. The lowest BCUT2D eigenvalue weighted by Crippen LogP contribution is -2.35. The second-order valence-electron chi connectivity index (χ2n) is 4.41. The number of thioether (sulfide) groups is 1. The van der Waals surface area contributed by atoms with Gasteiger partial charge in [0.2, 0.25) is 5.91 Å². The van der Waals surface area contributed by atoms with E-state index in [1.807, 2.05) is 0 Å². The minimum Gasteiger partial charge on any atom is -0.396 e. The van der Waals surface area contributed by atoms with Crippen molar-refractivity contribution in [2.45, 2.75) is 44.3 Å². The number of amides is 1. The van der Waals surface area contributed by atoms with E-state index in [-0.39, 0.29) is 17.8 Å². The maximum absolute atomic E-state index is 11.8. The summed E-state index contributed by atoms with van der Waals surface area (Å²) in [5.74, 6) is 1.75. The minimum atomic E-state index is 0.177. The molecule has 1 aliphatic rings. The molecule has 1 saturated heterocycles. The smallest absolute Gasteiger partial charge is 0.233 e. The van der Waals surface area contributed by atoms with E-state index < -0.39 is 0 Å². The Hall–Kier alpha value is -0.220. The number of hydrogen-bond donors (Lipinski definition) is 2. The molecule has 1 aliphatic heterocycles. The van der Waals surface area contributed by atoms with Crippen LogP contribution in [0.25, 0.3) is 0 Å². The summed E-state index contributed by atoms with van der Waals surface area (Å²) in [5, 5.41) is 12.1. The first-order chi connectivity index (χ1) is 7.77. The third kappa shape index (κ3) is 4.74. The fourth-order valence-corrected chi connectivity index (χ4v) is 3.27. The van der Waals surface area contributed by atoms with Crippen LogP contribution in [0.1, 0.15) is 39.0 Å². The van der Waals surface area contributed by atoms with Crippen molar-refractivity contribution in [1.29, 1.82) is 0 Å². The minimum absolute atomic E-state index is 0.177. The molecule has 0 aromatic rings. The SMILES string of the molecule is CCCC(CCO)CNC(=O)C1CCCS1. The molecule has 2 unspecified atom stereocenters. The zero-order chi connectivity index (χ0) is 11.8. The molecule has 0 aromatic heterocycles. The monoisotopic (exact) mass is 245 g/mol. The highest BCUT2D eigenvalue weighted by molar-refractivity contribution is 8.00. The van der Waals surface area contributed by atoms with Crippen molar-refractivity contribution in [1.82, 2.24) is 5.32 Å². The van der Waals surface area contributed by atoms with Gasteiger partial charge in [0.1, 0.15) is 0 Å². The lowest BCUT2D eigenvalue weighted by atomic mass is 10.0. The molecule has 1 fully saturated rings. The summed E-state index contributed by atoms with van der Waals surface area (Å²) in [7, 11) is 0. The van der Waals surface area contributed by atoms with Crippen molar-refractivity contribution in [3.8, 4) is 0 Å². The first kappa shape index (κ1) is 13.8. The van der Waals surface area contributed by atoms with Gasteiger partial charge in [0.05, 0.1) is 5.25 Å². The summed E-state index contributed by atoms with van der Waals surface area (Å²) >= 11 is 1.77.